The lowest BCUT2D eigenvalue weighted by molar-refractivity contribution is -0.137. The van der Waals surface area contributed by atoms with Crippen LogP contribution in [0.5, 0.6) is 0 Å². The van der Waals surface area contributed by atoms with Gasteiger partial charge in [0.25, 0.3) is 0 Å². The van der Waals surface area contributed by atoms with Crippen LogP contribution in [0.25, 0.3) is 0 Å². The first-order valence-corrected chi connectivity index (χ1v) is 10.3. The predicted octanol–water partition coefficient (Wildman–Crippen LogP) is 6.52. The number of aliphatic carboxylic acids is 1. The fourth-order valence-electron chi connectivity index (χ4n) is 2.39. The summed E-state index contributed by atoms with van der Waals surface area (Å²) in [5.41, 5.74) is 0. The minimum absolute atomic E-state index is 0.264. The molecule has 0 unspecified atom stereocenters. The first kappa shape index (κ1) is 25.1. The Morgan fingerprint density at radius 1 is 0.815 bits per heavy atom. The first-order valence-electron chi connectivity index (χ1n) is 10.3. The van der Waals surface area contributed by atoms with Crippen molar-refractivity contribution in [3.63, 3.8) is 0 Å². The number of unbranched alkanes of at least 4 members (excludes halogenated alkanes) is 5. The highest BCUT2D eigenvalue weighted by molar-refractivity contribution is 5.66. The Balaban J connectivity index is 3.61. The van der Waals surface area contributed by atoms with E-state index < -0.39 is 12.1 Å². The Labute approximate surface area is 165 Å². The molecular weight excluding hydrogens is 336 g/mol. The maximum Gasteiger partial charge on any atom is 0.303 e. The zero-order valence-electron chi connectivity index (χ0n) is 16.9. The molecule has 0 bridgehead atoms. The summed E-state index contributed by atoms with van der Waals surface area (Å²) in [5.74, 6) is -0.715. The van der Waals surface area contributed by atoms with Crippen LogP contribution in [0.2, 0.25) is 0 Å². The minimum atomic E-state index is -0.715. The lowest BCUT2D eigenvalue weighted by atomic mass is 10.1. The predicted molar refractivity (Wildman–Crippen MR) is 116 cm³/mol. The molecule has 0 aliphatic heterocycles. The number of allylic oxidation sites excluding steroid dienone is 8. The number of hydrogen-bond acceptors (Lipinski definition) is 2. The average molecular weight is 375 g/mol. The van der Waals surface area contributed by atoms with E-state index in [4.69, 9.17) is 5.11 Å². The summed E-state index contributed by atoms with van der Waals surface area (Å²) in [6.07, 6.45) is 30.3. The topological polar surface area (TPSA) is 57.5 Å². The van der Waals surface area contributed by atoms with Crippen molar-refractivity contribution in [1.82, 2.24) is 0 Å². The van der Waals surface area contributed by atoms with E-state index in [0.29, 0.717) is 6.42 Å². The standard InChI is InChI=1S/C24H38O3/c1-2-3-4-5-11-14-17-20-23(25)21-18-15-12-9-7-6-8-10-13-16-19-22-24(26)27/h7-11,14-15,17-18,20,23,25H,2-6,12-13,16,19,21-22H2,1H3,(H,26,27)/b9-7+,10-8+,14-11-,18-15+,20-17+/t23-/m0/s1. The molecule has 2 N–H and O–H groups in total. The molecule has 0 spiro atoms. The third-order valence-corrected chi connectivity index (χ3v) is 3.99. The van der Waals surface area contributed by atoms with Gasteiger partial charge in [0.2, 0.25) is 0 Å². The Hall–Kier alpha value is -1.87. The van der Waals surface area contributed by atoms with Crippen LogP contribution in [0.3, 0.4) is 0 Å². The van der Waals surface area contributed by atoms with Gasteiger partial charge >= 0.3 is 5.97 Å². The summed E-state index contributed by atoms with van der Waals surface area (Å²) in [5, 5.41) is 18.4. The highest BCUT2D eigenvalue weighted by atomic mass is 16.4. The molecule has 0 saturated carbocycles. The zero-order chi connectivity index (χ0) is 20.0. The fraction of sp³-hybridized carbons (Fsp3) is 0.542. The third-order valence-electron chi connectivity index (χ3n) is 3.99. The number of aliphatic hydroxyl groups excluding tert-OH is 1. The van der Waals surface area contributed by atoms with Crippen molar-refractivity contribution in [2.75, 3.05) is 0 Å². The largest absolute Gasteiger partial charge is 0.481 e. The van der Waals surface area contributed by atoms with Gasteiger partial charge in [0, 0.05) is 6.42 Å². The smallest absolute Gasteiger partial charge is 0.303 e. The summed E-state index contributed by atoms with van der Waals surface area (Å²) >= 11 is 0. The maximum atomic E-state index is 10.4. The molecule has 0 aromatic carbocycles. The van der Waals surface area contributed by atoms with E-state index in [1.807, 2.05) is 24.3 Å². The van der Waals surface area contributed by atoms with Crippen molar-refractivity contribution >= 4 is 5.97 Å². The molecule has 3 heteroatoms. The summed E-state index contributed by atoms with van der Waals surface area (Å²) in [6.45, 7) is 2.20. The molecule has 0 aromatic rings. The van der Waals surface area contributed by atoms with Gasteiger partial charge in [0.15, 0.2) is 0 Å². The van der Waals surface area contributed by atoms with Gasteiger partial charge < -0.3 is 10.2 Å². The van der Waals surface area contributed by atoms with Crippen molar-refractivity contribution < 1.29 is 15.0 Å². The number of rotatable bonds is 17. The zero-order valence-corrected chi connectivity index (χ0v) is 16.9. The maximum absolute atomic E-state index is 10.4. The number of hydrogen-bond donors (Lipinski definition) is 2. The molecule has 3 nitrogen and oxygen atoms in total. The number of carbonyl (C=O) groups is 1. The SMILES string of the molecule is CCCCC/C=C\C=C\[C@H](O)C/C=C/C/C=C/C/C=C/CCCCC(=O)O. The third kappa shape index (κ3) is 22.1. The van der Waals surface area contributed by atoms with Crippen LogP contribution in [-0.4, -0.2) is 22.3 Å². The van der Waals surface area contributed by atoms with Crippen molar-refractivity contribution in [3.8, 4) is 0 Å². The normalized spacial score (nSPS) is 13.9. The van der Waals surface area contributed by atoms with Crippen LogP contribution < -0.4 is 0 Å². The molecule has 0 saturated heterocycles. The summed E-state index contributed by atoms with van der Waals surface area (Å²) < 4.78 is 0. The molecule has 0 amide bonds. The van der Waals surface area contributed by atoms with Crippen LogP contribution in [0, 0.1) is 0 Å². The monoisotopic (exact) mass is 374 g/mol. The van der Waals surface area contributed by atoms with Crippen LogP contribution in [0.4, 0.5) is 0 Å². The molecule has 0 fully saturated rings. The number of carboxylic acid groups (broad SMARTS) is 1. The van der Waals surface area contributed by atoms with Gasteiger partial charge in [0.05, 0.1) is 6.10 Å². The van der Waals surface area contributed by atoms with Gasteiger partial charge in [-0.15, -0.1) is 0 Å². The van der Waals surface area contributed by atoms with Crippen molar-refractivity contribution in [3.05, 3.63) is 60.8 Å². The van der Waals surface area contributed by atoms with Crippen LogP contribution in [-0.2, 0) is 4.79 Å². The lowest BCUT2D eigenvalue weighted by Crippen LogP contribution is -1.98. The molecule has 27 heavy (non-hydrogen) atoms. The quantitative estimate of drug-likeness (QED) is 0.173. The van der Waals surface area contributed by atoms with E-state index >= 15 is 0 Å². The molecule has 0 rings (SSSR count). The first-order chi connectivity index (χ1) is 13.2. The molecular formula is C24H38O3. The van der Waals surface area contributed by atoms with E-state index in [0.717, 1.165) is 38.5 Å². The summed E-state index contributed by atoms with van der Waals surface area (Å²) in [4.78, 5) is 10.4. The van der Waals surface area contributed by atoms with Gasteiger partial charge in [-0.05, 0) is 51.4 Å². The Morgan fingerprint density at radius 2 is 1.44 bits per heavy atom. The molecule has 152 valence electrons. The second-order valence-corrected chi connectivity index (χ2v) is 6.64. The second-order valence-electron chi connectivity index (χ2n) is 6.64. The molecule has 0 aliphatic rings. The van der Waals surface area contributed by atoms with E-state index in [-0.39, 0.29) is 6.42 Å². The van der Waals surface area contributed by atoms with E-state index in [9.17, 15) is 9.90 Å². The van der Waals surface area contributed by atoms with Crippen molar-refractivity contribution in [1.29, 1.82) is 0 Å². The highest BCUT2D eigenvalue weighted by Crippen LogP contribution is 2.03. The summed E-state index contributed by atoms with van der Waals surface area (Å²) in [7, 11) is 0. The van der Waals surface area contributed by atoms with E-state index in [2.05, 4.69) is 43.4 Å². The number of aliphatic hydroxyl groups is 1. The molecule has 1 atom stereocenters. The molecule has 0 aromatic heterocycles. The Bertz CT molecular complexity index is 484. The summed E-state index contributed by atoms with van der Waals surface area (Å²) in [6, 6.07) is 0. The molecule has 0 aliphatic carbocycles. The van der Waals surface area contributed by atoms with Crippen LogP contribution in [0.15, 0.2) is 60.8 Å². The molecule has 0 radical (unpaired) electrons. The van der Waals surface area contributed by atoms with E-state index in [1.165, 1.54) is 19.3 Å². The van der Waals surface area contributed by atoms with Gasteiger partial charge in [-0.25, -0.2) is 0 Å². The van der Waals surface area contributed by atoms with Gasteiger partial charge in [-0.1, -0.05) is 80.5 Å². The lowest BCUT2D eigenvalue weighted by Gasteiger charge is -1.98. The van der Waals surface area contributed by atoms with Crippen molar-refractivity contribution in [2.24, 2.45) is 0 Å². The van der Waals surface area contributed by atoms with Gasteiger partial charge in [0.1, 0.15) is 0 Å². The van der Waals surface area contributed by atoms with Gasteiger partial charge in [-0.3, -0.25) is 4.79 Å². The minimum Gasteiger partial charge on any atom is -0.481 e. The fourth-order valence-corrected chi connectivity index (χ4v) is 2.39. The second kappa shape index (κ2) is 20.4. The van der Waals surface area contributed by atoms with Gasteiger partial charge in [-0.2, -0.15) is 0 Å². The highest BCUT2D eigenvalue weighted by Gasteiger charge is 1.94. The average Bonchev–Trinajstić information content (AvgIpc) is 2.64. The van der Waals surface area contributed by atoms with Crippen molar-refractivity contribution in [2.45, 2.75) is 83.7 Å². The number of carboxylic acids is 1. The van der Waals surface area contributed by atoms with Crippen LogP contribution >= 0.6 is 0 Å². The molecule has 0 heterocycles. The van der Waals surface area contributed by atoms with E-state index in [1.54, 1.807) is 0 Å². The Kier molecular flexibility index (Phi) is 19.0. The van der Waals surface area contributed by atoms with Crippen LogP contribution in [0.1, 0.15) is 77.6 Å². The Morgan fingerprint density at radius 3 is 2.15 bits per heavy atom.